The van der Waals surface area contributed by atoms with Gasteiger partial charge in [-0.05, 0) is 42.1 Å². The lowest BCUT2D eigenvalue weighted by molar-refractivity contribution is -0.127. The average molecular weight is 371 g/mol. The molecular formula is C24H25N3O. The number of benzene rings is 2. The Balaban J connectivity index is 1.58. The molecule has 1 aliphatic rings. The quantitative estimate of drug-likeness (QED) is 0.719. The number of carbonyl (C=O) groups is 1. The Morgan fingerprint density at radius 3 is 2.57 bits per heavy atom. The Hall–Kier alpha value is -2.98. The average Bonchev–Trinajstić information content (AvgIpc) is 3.14. The van der Waals surface area contributed by atoms with E-state index in [-0.39, 0.29) is 5.91 Å². The summed E-state index contributed by atoms with van der Waals surface area (Å²) in [5, 5.41) is 0. The maximum absolute atomic E-state index is 12.6. The van der Waals surface area contributed by atoms with E-state index in [9.17, 15) is 4.79 Å². The molecule has 1 atom stereocenters. The minimum absolute atomic E-state index is 0.205. The van der Waals surface area contributed by atoms with Crippen LogP contribution in [0.3, 0.4) is 0 Å². The number of likely N-dealkylation sites (tertiary alicyclic amines) is 1. The first-order chi connectivity index (χ1) is 13.7. The smallest absolute Gasteiger partial charge is 0.225 e. The Kier molecular flexibility index (Phi) is 5.22. The van der Waals surface area contributed by atoms with E-state index < -0.39 is 5.41 Å². The molecule has 0 radical (unpaired) electrons. The van der Waals surface area contributed by atoms with Crippen molar-refractivity contribution >= 4 is 5.91 Å². The summed E-state index contributed by atoms with van der Waals surface area (Å²) in [7, 11) is 0. The molecule has 1 aliphatic heterocycles. The van der Waals surface area contributed by atoms with Gasteiger partial charge in [0.15, 0.2) is 0 Å². The summed E-state index contributed by atoms with van der Waals surface area (Å²) in [4.78, 5) is 19.1. The minimum atomic E-state index is -0.535. The van der Waals surface area contributed by atoms with Crippen LogP contribution in [0.15, 0.2) is 79.1 Å². The van der Waals surface area contributed by atoms with E-state index in [2.05, 4.69) is 52.3 Å². The Morgan fingerprint density at radius 1 is 1.04 bits per heavy atom. The molecule has 0 spiro atoms. The van der Waals surface area contributed by atoms with Gasteiger partial charge >= 0.3 is 0 Å². The summed E-state index contributed by atoms with van der Waals surface area (Å²) in [5.74, 6) is -0.205. The highest BCUT2D eigenvalue weighted by Gasteiger charge is 2.43. The zero-order chi connectivity index (χ0) is 19.4. The molecule has 142 valence electrons. The molecular weight excluding hydrogens is 346 g/mol. The van der Waals surface area contributed by atoms with Gasteiger partial charge in [-0.2, -0.15) is 0 Å². The molecule has 0 aliphatic carbocycles. The van der Waals surface area contributed by atoms with Crippen molar-refractivity contribution in [1.82, 2.24) is 9.88 Å². The molecule has 0 saturated carbocycles. The number of hydrogen-bond donors (Lipinski definition) is 1. The summed E-state index contributed by atoms with van der Waals surface area (Å²) in [6, 6.07) is 22.6. The molecule has 1 fully saturated rings. The molecule has 1 aromatic heterocycles. The van der Waals surface area contributed by atoms with E-state index in [0.717, 1.165) is 36.2 Å². The fourth-order valence-corrected chi connectivity index (χ4v) is 4.21. The highest BCUT2D eigenvalue weighted by molar-refractivity contribution is 5.82. The van der Waals surface area contributed by atoms with Crippen LogP contribution in [0.2, 0.25) is 0 Å². The maximum atomic E-state index is 12.6. The molecule has 2 aromatic carbocycles. The Bertz CT molecular complexity index is 942. The van der Waals surface area contributed by atoms with Crippen molar-refractivity contribution in [3.8, 4) is 11.1 Å². The van der Waals surface area contributed by atoms with Crippen LogP contribution in [0.25, 0.3) is 11.1 Å². The summed E-state index contributed by atoms with van der Waals surface area (Å²) in [6.45, 7) is 2.42. The van der Waals surface area contributed by atoms with Crippen LogP contribution in [-0.4, -0.2) is 28.9 Å². The van der Waals surface area contributed by atoms with E-state index in [1.807, 2.05) is 30.5 Å². The van der Waals surface area contributed by atoms with E-state index in [4.69, 9.17) is 5.73 Å². The van der Waals surface area contributed by atoms with Crippen LogP contribution in [0, 0.1) is 5.41 Å². The molecule has 1 amide bonds. The number of hydrogen-bond acceptors (Lipinski definition) is 3. The van der Waals surface area contributed by atoms with Gasteiger partial charge in [-0.3, -0.25) is 14.7 Å². The van der Waals surface area contributed by atoms with Gasteiger partial charge in [0.05, 0.1) is 5.41 Å². The van der Waals surface area contributed by atoms with Gasteiger partial charge in [0.2, 0.25) is 5.91 Å². The zero-order valence-corrected chi connectivity index (χ0v) is 15.9. The van der Waals surface area contributed by atoms with Gasteiger partial charge in [-0.25, -0.2) is 0 Å². The minimum Gasteiger partial charge on any atom is -0.369 e. The lowest BCUT2D eigenvalue weighted by atomic mass is 9.78. The van der Waals surface area contributed by atoms with Crippen LogP contribution in [0.1, 0.15) is 17.5 Å². The number of nitrogens with zero attached hydrogens (tertiary/aromatic N) is 2. The Labute approximate surface area is 166 Å². The van der Waals surface area contributed by atoms with Gasteiger partial charge in [-0.1, -0.05) is 60.7 Å². The predicted molar refractivity (Wildman–Crippen MR) is 111 cm³/mol. The lowest BCUT2D eigenvalue weighted by Crippen LogP contribution is -2.41. The van der Waals surface area contributed by atoms with Crippen LogP contribution < -0.4 is 5.73 Å². The first kappa shape index (κ1) is 18.4. The fourth-order valence-electron chi connectivity index (χ4n) is 4.21. The maximum Gasteiger partial charge on any atom is 0.225 e. The number of rotatable bonds is 6. The van der Waals surface area contributed by atoms with Crippen molar-refractivity contribution in [3.05, 3.63) is 90.3 Å². The normalized spacial score (nSPS) is 19.6. The second-order valence-corrected chi connectivity index (χ2v) is 7.67. The molecule has 4 heteroatoms. The molecule has 3 aromatic rings. The molecule has 2 N–H and O–H groups in total. The molecule has 2 heterocycles. The van der Waals surface area contributed by atoms with Gasteiger partial charge in [0, 0.05) is 31.0 Å². The first-order valence-corrected chi connectivity index (χ1v) is 9.71. The number of pyridine rings is 1. The van der Waals surface area contributed by atoms with Gasteiger partial charge < -0.3 is 5.73 Å². The third-order valence-corrected chi connectivity index (χ3v) is 5.72. The molecule has 0 bridgehead atoms. The molecule has 1 unspecified atom stereocenters. The lowest BCUT2D eigenvalue weighted by Gasteiger charge is -2.27. The van der Waals surface area contributed by atoms with Crippen molar-refractivity contribution in [2.24, 2.45) is 11.1 Å². The number of carbonyl (C=O) groups excluding carboxylic acids is 1. The monoisotopic (exact) mass is 371 g/mol. The molecule has 4 rings (SSSR count). The second-order valence-electron chi connectivity index (χ2n) is 7.67. The number of aromatic nitrogens is 1. The van der Waals surface area contributed by atoms with Crippen LogP contribution in [0.4, 0.5) is 0 Å². The first-order valence-electron chi connectivity index (χ1n) is 9.71. The summed E-state index contributed by atoms with van der Waals surface area (Å²) >= 11 is 0. The fraction of sp³-hybridized carbons (Fsp3) is 0.250. The van der Waals surface area contributed by atoms with E-state index in [1.165, 1.54) is 5.56 Å². The number of amides is 1. The van der Waals surface area contributed by atoms with Crippen molar-refractivity contribution < 1.29 is 4.79 Å². The zero-order valence-electron chi connectivity index (χ0n) is 15.9. The van der Waals surface area contributed by atoms with Gasteiger partial charge in [0.1, 0.15) is 0 Å². The highest BCUT2D eigenvalue weighted by Crippen LogP contribution is 2.37. The van der Waals surface area contributed by atoms with E-state index in [1.54, 1.807) is 6.20 Å². The summed E-state index contributed by atoms with van der Waals surface area (Å²) in [6.07, 6.45) is 5.08. The van der Waals surface area contributed by atoms with Crippen molar-refractivity contribution in [1.29, 1.82) is 0 Å². The number of nitrogens with two attached hydrogens (primary N) is 1. The highest BCUT2D eigenvalue weighted by atomic mass is 16.1. The van der Waals surface area contributed by atoms with Gasteiger partial charge in [0.25, 0.3) is 0 Å². The summed E-state index contributed by atoms with van der Waals surface area (Å²) < 4.78 is 0. The van der Waals surface area contributed by atoms with Crippen molar-refractivity contribution in [3.63, 3.8) is 0 Å². The van der Waals surface area contributed by atoms with Crippen LogP contribution in [0.5, 0.6) is 0 Å². The summed E-state index contributed by atoms with van der Waals surface area (Å²) in [5.41, 5.74) is 10.0. The molecule has 28 heavy (non-hydrogen) atoms. The largest absolute Gasteiger partial charge is 0.369 e. The van der Waals surface area contributed by atoms with Crippen LogP contribution in [-0.2, 0) is 17.8 Å². The third-order valence-electron chi connectivity index (χ3n) is 5.72. The van der Waals surface area contributed by atoms with E-state index >= 15 is 0 Å². The standard InChI is InChI=1S/C24H25N3O/c25-23(28)24(12-14-27(18-24)17-19-7-2-1-3-8-19)15-20-9-4-5-11-22(20)21-10-6-13-26-16-21/h1-11,13,16H,12,14-15,17-18H2,(H2,25,28). The third kappa shape index (κ3) is 3.82. The molecule has 1 saturated heterocycles. The van der Waals surface area contributed by atoms with Gasteiger partial charge in [-0.15, -0.1) is 0 Å². The predicted octanol–water partition coefficient (Wildman–Crippen LogP) is 3.67. The van der Waals surface area contributed by atoms with Crippen LogP contribution >= 0.6 is 0 Å². The Morgan fingerprint density at radius 2 is 1.82 bits per heavy atom. The van der Waals surface area contributed by atoms with Crippen molar-refractivity contribution in [2.75, 3.05) is 13.1 Å². The van der Waals surface area contributed by atoms with Crippen molar-refractivity contribution in [2.45, 2.75) is 19.4 Å². The van der Waals surface area contributed by atoms with E-state index in [0.29, 0.717) is 13.0 Å². The second kappa shape index (κ2) is 7.95. The SMILES string of the molecule is NC(=O)C1(Cc2ccccc2-c2cccnc2)CCN(Cc2ccccc2)C1. The number of primary amides is 1. The molecule has 4 nitrogen and oxygen atoms in total. The topological polar surface area (TPSA) is 59.2 Å².